The third kappa shape index (κ3) is 3.08. The van der Waals surface area contributed by atoms with Gasteiger partial charge in [-0.15, -0.1) is 0 Å². The summed E-state index contributed by atoms with van der Waals surface area (Å²) < 4.78 is 18.7. The lowest BCUT2D eigenvalue weighted by Crippen LogP contribution is -2.34. The van der Waals surface area contributed by atoms with Crippen LogP contribution in [0.5, 0.6) is 5.75 Å². The maximum Gasteiger partial charge on any atom is 0.167 e. The monoisotopic (exact) mass is 413 g/mol. The normalized spacial score (nSPS) is 28.3. The molecule has 1 aromatic carbocycles. The highest BCUT2D eigenvalue weighted by molar-refractivity contribution is 5.83. The fraction of sp³-hybridized carbons (Fsp3) is 0.450. The summed E-state index contributed by atoms with van der Waals surface area (Å²) >= 11 is 0. The number of ether oxygens (including phenoxy) is 3. The standard InChI is InChI=1S/C20H23N5O5/c1-28-17-16(27)14(8-26)30-20(17)25-10-23-15-18(21-9-22-19(15)25)24-12-6-7-29-13-5-3-2-4-11(12)13/h2-5,9-10,12,14,16-17,20,26-27H,6-8H2,1H3,(H,21,22,24)/t12?,14-,16-,17-,20-/m1/s1. The molecular weight excluding hydrogens is 390 g/mol. The summed E-state index contributed by atoms with van der Waals surface area (Å²) in [7, 11) is 1.49. The maximum absolute atomic E-state index is 10.4. The predicted molar refractivity (Wildman–Crippen MR) is 106 cm³/mol. The number of aromatic nitrogens is 4. The Morgan fingerprint density at radius 2 is 2.13 bits per heavy atom. The molecule has 0 radical (unpaired) electrons. The number of anilines is 1. The van der Waals surface area contributed by atoms with E-state index in [9.17, 15) is 10.2 Å². The van der Waals surface area contributed by atoms with Crippen LogP contribution in [0, 0.1) is 0 Å². The molecule has 1 fully saturated rings. The smallest absolute Gasteiger partial charge is 0.167 e. The zero-order chi connectivity index (χ0) is 20.7. The second kappa shape index (κ2) is 7.80. The number of hydrogen-bond donors (Lipinski definition) is 3. The van der Waals surface area contributed by atoms with Crippen molar-refractivity contribution in [1.82, 2.24) is 19.5 Å². The average Bonchev–Trinajstić information content (AvgIpc) is 3.35. The molecule has 0 spiro atoms. The fourth-order valence-electron chi connectivity index (χ4n) is 4.15. The van der Waals surface area contributed by atoms with Gasteiger partial charge in [-0.3, -0.25) is 4.57 Å². The molecule has 5 atom stereocenters. The van der Waals surface area contributed by atoms with Crippen LogP contribution in [-0.2, 0) is 9.47 Å². The molecule has 10 nitrogen and oxygen atoms in total. The summed E-state index contributed by atoms with van der Waals surface area (Å²) in [6, 6.07) is 7.97. The number of aliphatic hydroxyl groups is 2. The van der Waals surface area contributed by atoms with Gasteiger partial charge in [0.25, 0.3) is 0 Å². The van der Waals surface area contributed by atoms with E-state index in [1.165, 1.54) is 13.4 Å². The van der Waals surface area contributed by atoms with E-state index in [2.05, 4.69) is 20.3 Å². The van der Waals surface area contributed by atoms with Crippen molar-refractivity contribution in [2.45, 2.75) is 37.0 Å². The first kappa shape index (κ1) is 19.2. The second-order valence-electron chi connectivity index (χ2n) is 7.36. The van der Waals surface area contributed by atoms with E-state index in [1.54, 1.807) is 10.9 Å². The Morgan fingerprint density at radius 3 is 2.97 bits per heavy atom. The first-order chi connectivity index (χ1) is 14.7. The minimum atomic E-state index is -0.958. The Hall–Kier alpha value is -2.79. The summed E-state index contributed by atoms with van der Waals surface area (Å²) in [4.78, 5) is 13.3. The van der Waals surface area contributed by atoms with E-state index in [1.807, 2.05) is 24.3 Å². The van der Waals surface area contributed by atoms with Crippen LogP contribution in [0.1, 0.15) is 24.3 Å². The van der Waals surface area contributed by atoms with Crippen LogP contribution in [0.25, 0.3) is 11.2 Å². The number of benzene rings is 1. The van der Waals surface area contributed by atoms with E-state index in [4.69, 9.17) is 14.2 Å². The molecule has 0 saturated carbocycles. The van der Waals surface area contributed by atoms with E-state index < -0.39 is 24.5 Å². The number of fused-ring (bicyclic) bond motifs is 2. The van der Waals surface area contributed by atoms with E-state index >= 15 is 0 Å². The minimum Gasteiger partial charge on any atom is -0.493 e. The van der Waals surface area contributed by atoms with Crippen LogP contribution in [0.3, 0.4) is 0 Å². The molecule has 2 aliphatic rings. The second-order valence-corrected chi connectivity index (χ2v) is 7.36. The highest BCUT2D eigenvalue weighted by Gasteiger charge is 2.45. The first-order valence-corrected chi connectivity index (χ1v) is 9.84. The number of imidazole rings is 1. The molecule has 3 aromatic rings. The molecule has 2 aliphatic heterocycles. The van der Waals surface area contributed by atoms with Gasteiger partial charge in [-0.05, 0) is 6.07 Å². The number of rotatable bonds is 5. The van der Waals surface area contributed by atoms with Gasteiger partial charge in [-0.25, -0.2) is 15.0 Å². The molecule has 30 heavy (non-hydrogen) atoms. The number of methoxy groups -OCH3 is 1. The van der Waals surface area contributed by atoms with Gasteiger partial charge in [-0.1, -0.05) is 18.2 Å². The number of nitrogens with one attached hydrogen (secondary N) is 1. The van der Waals surface area contributed by atoms with Gasteiger partial charge in [0, 0.05) is 19.1 Å². The Morgan fingerprint density at radius 1 is 1.27 bits per heavy atom. The molecule has 2 aromatic heterocycles. The lowest BCUT2D eigenvalue weighted by atomic mass is 10.0. The molecule has 1 saturated heterocycles. The Bertz CT molecular complexity index is 1040. The topological polar surface area (TPSA) is 124 Å². The van der Waals surface area contributed by atoms with Crippen LogP contribution in [-0.4, -0.2) is 68.4 Å². The van der Waals surface area contributed by atoms with Crippen molar-refractivity contribution in [1.29, 1.82) is 0 Å². The molecule has 0 amide bonds. The number of nitrogens with zero attached hydrogens (tertiary/aromatic N) is 4. The van der Waals surface area contributed by atoms with E-state index in [0.717, 1.165) is 17.7 Å². The van der Waals surface area contributed by atoms with Crippen molar-refractivity contribution < 1.29 is 24.4 Å². The van der Waals surface area contributed by atoms with Gasteiger partial charge in [0.2, 0.25) is 0 Å². The maximum atomic E-state index is 10.4. The van der Waals surface area contributed by atoms with Crippen LogP contribution >= 0.6 is 0 Å². The number of hydrogen-bond acceptors (Lipinski definition) is 9. The van der Waals surface area contributed by atoms with E-state index in [-0.39, 0.29) is 12.6 Å². The number of aliphatic hydroxyl groups excluding tert-OH is 2. The van der Waals surface area contributed by atoms with Gasteiger partial charge < -0.3 is 29.7 Å². The highest BCUT2D eigenvalue weighted by atomic mass is 16.6. The Labute approximate surface area is 172 Å². The lowest BCUT2D eigenvalue weighted by molar-refractivity contribution is -0.0583. The van der Waals surface area contributed by atoms with Crippen LogP contribution in [0.4, 0.5) is 5.82 Å². The Kier molecular flexibility index (Phi) is 4.99. The SMILES string of the molecule is CO[C@@H]1[C@H](O)[C@@H](CO)O[C@H]1n1cnc2c(NC3CCOc4ccccc43)ncnc21. The zero-order valence-corrected chi connectivity index (χ0v) is 16.4. The average molecular weight is 413 g/mol. The predicted octanol–water partition coefficient (Wildman–Crippen LogP) is 1.03. The zero-order valence-electron chi connectivity index (χ0n) is 16.4. The van der Waals surface area contributed by atoms with Crippen molar-refractivity contribution in [2.24, 2.45) is 0 Å². The third-order valence-electron chi connectivity index (χ3n) is 5.67. The van der Waals surface area contributed by atoms with Crippen LogP contribution in [0.2, 0.25) is 0 Å². The molecule has 4 heterocycles. The molecule has 158 valence electrons. The lowest BCUT2D eigenvalue weighted by Gasteiger charge is -2.27. The number of para-hydroxylation sites is 1. The van der Waals surface area contributed by atoms with Crippen LogP contribution < -0.4 is 10.1 Å². The molecular formula is C20H23N5O5. The van der Waals surface area contributed by atoms with Crippen molar-refractivity contribution >= 4 is 17.0 Å². The largest absolute Gasteiger partial charge is 0.493 e. The molecule has 3 N–H and O–H groups in total. The van der Waals surface area contributed by atoms with Gasteiger partial charge in [0.15, 0.2) is 23.2 Å². The first-order valence-electron chi connectivity index (χ1n) is 9.84. The summed E-state index contributed by atoms with van der Waals surface area (Å²) in [5, 5.41) is 23.3. The van der Waals surface area contributed by atoms with Gasteiger partial charge in [0.1, 0.15) is 30.4 Å². The van der Waals surface area contributed by atoms with Crippen molar-refractivity contribution in [3.8, 4) is 5.75 Å². The third-order valence-corrected chi connectivity index (χ3v) is 5.67. The van der Waals surface area contributed by atoms with Gasteiger partial charge in [0.05, 0.1) is 25.6 Å². The summed E-state index contributed by atoms with van der Waals surface area (Å²) in [6.45, 7) is 0.304. The van der Waals surface area contributed by atoms with E-state index in [0.29, 0.717) is 23.6 Å². The molecule has 5 rings (SSSR count). The Balaban J connectivity index is 1.48. The quantitative estimate of drug-likeness (QED) is 0.562. The summed E-state index contributed by atoms with van der Waals surface area (Å²) in [6.07, 6.45) is 0.824. The highest BCUT2D eigenvalue weighted by Crippen LogP contribution is 2.36. The van der Waals surface area contributed by atoms with Crippen molar-refractivity contribution in [3.63, 3.8) is 0 Å². The summed E-state index contributed by atoms with van der Waals surface area (Å²) in [5.41, 5.74) is 2.20. The molecule has 1 unspecified atom stereocenters. The molecule has 0 aliphatic carbocycles. The summed E-state index contributed by atoms with van der Waals surface area (Å²) in [5.74, 6) is 1.47. The molecule has 10 heteroatoms. The fourth-order valence-corrected chi connectivity index (χ4v) is 4.15. The van der Waals surface area contributed by atoms with Gasteiger partial charge in [-0.2, -0.15) is 0 Å². The van der Waals surface area contributed by atoms with Gasteiger partial charge >= 0.3 is 0 Å². The minimum absolute atomic E-state index is 0.0354. The molecule has 0 bridgehead atoms. The van der Waals surface area contributed by atoms with Crippen molar-refractivity contribution in [3.05, 3.63) is 42.5 Å². The van der Waals surface area contributed by atoms with Crippen LogP contribution in [0.15, 0.2) is 36.9 Å². The van der Waals surface area contributed by atoms with Crippen molar-refractivity contribution in [2.75, 3.05) is 25.6 Å².